The maximum absolute atomic E-state index is 12.3. The summed E-state index contributed by atoms with van der Waals surface area (Å²) in [4.78, 5) is 25.5. The second-order valence-electron chi connectivity index (χ2n) is 5.62. The van der Waals surface area contributed by atoms with Crippen LogP contribution in [0, 0.1) is 11.3 Å². The van der Waals surface area contributed by atoms with Gasteiger partial charge in [-0.2, -0.15) is 0 Å². The molecule has 106 valence electrons. The molecule has 2 atom stereocenters. The Bertz CT molecular complexity index is 294. The molecule has 0 aliphatic carbocycles. The topological polar surface area (TPSA) is 66.8 Å². The number of likely N-dealkylation sites (N-methyl/N-ethyl adjacent to an activating group) is 1. The Kier molecular flexibility index (Phi) is 6.32. The van der Waals surface area contributed by atoms with Gasteiger partial charge in [-0.15, -0.1) is 0 Å². The van der Waals surface area contributed by atoms with E-state index in [1.54, 1.807) is 20.9 Å². The van der Waals surface area contributed by atoms with Crippen LogP contribution in [-0.4, -0.2) is 48.2 Å². The largest absolute Gasteiger partial charge is 0.465 e. The molecule has 0 radical (unpaired) electrons. The van der Waals surface area contributed by atoms with E-state index in [9.17, 15) is 14.7 Å². The predicted octanol–water partition coefficient (Wildman–Crippen LogP) is 1.05. The summed E-state index contributed by atoms with van der Waals surface area (Å²) in [6.45, 7) is 9.22. The standard InChI is InChI=1S/C13H25NO4/c1-7-18-12(17)10(13(3,4)5)11(16)14(6)8-9(2)15/h9-10,15H,7-8H2,1-6H3. The summed E-state index contributed by atoms with van der Waals surface area (Å²) in [5.74, 6) is -1.67. The highest BCUT2D eigenvalue weighted by Gasteiger charge is 2.40. The van der Waals surface area contributed by atoms with Crippen molar-refractivity contribution in [1.82, 2.24) is 4.90 Å². The Morgan fingerprint density at radius 2 is 1.83 bits per heavy atom. The number of carbonyl (C=O) groups is 2. The number of hydrogen-bond donors (Lipinski definition) is 1. The lowest BCUT2D eigenvalue weighted by Crippen LogP contribution is -2.46. The fraction of sp³-hybridized carbons (Fsp3) is 0.846. The molecule has 5 nitrogen and oxygen atoms in total. The number of aliphatic hydroxyl groups is 1. The van der Waals surface area contributed by atoms with Crippen molar-refractivity contribution in [3.63, 3.8) is 0 Å². The molecule has 0 aliphatic rings. The molecule has 0 aromatic heterocycles. The zero-order valence-corrected chi connectivity index (χ0v) is 12.2. The molecule has 0 heterocycles. The van der Waals surface area contributed by atoms with Gasteiger partial charge in [-0.1, -0.05) is 20.8 Å². The third-order valence-corrected chi connectivity index (χ3v) is 2.55. The average molecular weight is 259 g/mol. The van der Waals surface area contributed by atoms with Crippen LogP contribution in [0.1, 0.15) is 34.6 Å². The van der Waals surface area contributed by atoms with E-state index in [1.165, 1.54) is 4.90 Å². The molecule has 18 heavy (non-hydrogen) atoms. The van der Waals surface area contributed by atoms with Gasteiger partial charge in [0.1, 0.15) is 5.92 Å². The first kappa shape index (κ1) is 16.9. The zero-order valence-electron chi connectivity index (χ0n) is 12.2. The third-order valence-electron chi connectivity index (χ3n) is 2.55. The second-order valence-corrected chi connectivity index (χ2v) is 5.62. The highest BCUT2D eigenvalue weighted by atomic mass is 16.5. The molecule has 0 aromatic carbocycles. The average Bonchev–Trinajstić information content (AvgIpc) is 2.14. The maximum atomic E-state index is 12.3. The van der Waals surface area contributed by atoms with Gasteiger partial charge in [-0.25, -0.2) is 0 Å². The minimum Gasteiger partial charge on any atom is -0.465 e. The van der Waals surface area contributed by atoms with Crippen LogP contribution in [-0.2, 0) is 14.3 Å². The van der Waals surface area contributed by atoms with Crippen LogP contribution in [0.2, 0.25) is 0 Å². The Morgan fingerprint density at radius 3 is 2.17 bits per heavy atom. The molecule has 0 aromatic rings. The zero-order chi connectivity index (χ0) is 14.5. The van der Waals surface area contributed by atoms with E-state index < -0.39 is 23.4 Å². The first-order valence-electron chi connectivity index (χ1n) is 6.21. The van der Waals surface area contributed by atoms with E-state index in [4.69, 9.17) is 4.74 Å². The van der Waals surface area contributed by atoms with Gasteiger partial charge in [-0.05, 0) is 19.3 Å². The second kappa shape index (κ2) is 6.73. The Labute approximate surface area is 109 Å². The summed E-state index contributed by atoms with van der Waals surface area (Å²) in [5, 5.41) is 9.29. The quantitative estimate of drug-likeness (QED) is 0.592. The molecule has 1 amide bonds. The summed E-state index contributed by atoms with van der Waals surface area (Å²) in [5.41, 5.74) is -0.518. The van der Waals surface area contributed by atoms with Crippen molar-refractivity contribution in [2.75, 3.05) is 20.2 Å². The van der Waals surface area contributed by atoms with Gasteiger partial charge >= 0.3 is 5.97 Å². The molecular formula is C13H25NO4. The van der Waals surface area contributed by atoms with E-state index in [0.29, 0.717) is 0 Å². The van der Waals surface area contributed by atoms with Crippen molar-refractivity contribution in [2.45, 2.75) is 40.7 Å². The van der Waals surface area contributed by atoms with Crippen LogP contribution in [0.4, 0.5) is 0 Å². The molecule has 1 N–H and O–H groups in total. The number of rotatable bonds is 5. The van der Waals surface area contributed by atoms with E-state index in [2.05, 4.69) is 0 Å². The van der Waals surface area contributed by atoms with Crippen molar-refractivity contribution in [2.24, 2.45) is 11.3 Å². The fourth-order valence-electron chi connectivity index (χ4n) is 1.76. The predicted molar refractivity (Wildman–Crippen MR) is 68.9 cm³/mol. The molecule has 0 saturated carbocycles. The molecule has 0 aliphatic heterocycles. The van der Waals surface area contributed by atoms with Crippen LogP contribution in [0.3, 0.4) is 0 Å². The SMILES string of the molecule is CCOC(=O)C(C(=O)N(C)CC(C)O)C(C)(C)C. The summed E-state index contributed by atoms with van der Waals surface area (Å²) < 4.78 is 4.96. The number of amides is 1. The van der Waals surface area contributed by atoms with E-state index >= 15 is 0 Å². The van der Waals surface area contributed by atoms with Gasteiger partial charge in [0.15, 0.2) is 0 Å². The lowest BCUT2D eigenvalue weighted by atomic mass is 9.79. The van der Waals surface area contributed by atoms with Gasteiger partial charge in [0, 0.05) is 13.6 Å². The van der Waals surface area contributed by atoms with Crippen LogP contribution < -0.4 is 0 Å². The molecular weight excluding hydrogens is 234 g/mol. The molecule has 0 spiro atoms. The van der Waals surface area contributed by atoms with Crippen LogP contribution in [0.15, 0.2) is 0 Å². The minimum atomic E-state index is -0.846. The highest BCUT2D eigenvalue weighted by molar-refractivity contribution is 5.98. The monoisotopic (exact) mass is 259 g/mol. The molecule has 0 rings (SSSR count). The number of nitrogens with zero attached hydrogens (tertiary/aromatic N) is 1. The Morgan fingerprint density at radius 1 is 1.33 bits per heavy atom. The Balaban J connectivity index is 4.98. The van der Waals surface area contributed by atoms with Gasteiger partial charge < -0.3 is 14.7 Å². The molecule has 0 fully saturated rings. The number of esters is 1. The van der Waals surface area contributed by atoms with E-state index in [0.717, 1.165) is 0 Å². The summed E-state index contributed by atoms with van der Waals surface area (Å²) in [6.07, 6.45) is -0.623. The van der Waals surface area contributed by atoms with Crippen LogP contribution >= 0.6 is 0 Å². The summed E-state index contributed by atoms with van der Waals surface area (Å²) in [7, 11) is 1.58. The number of carbonyl (C=O) groups excluding carboxylic acids is 2. The first-order chi connectivity index (χ1) is 8.11. The number of hydrogen-bond acceptors (Lipinski definition) is 4. The van der Waals surface area contributed by atoms with Gasteiger partial charge in [0.25, 0.3) is 0 Å². The van der Waals surface area contributed by atoms with Crippen molar-refractivity contribution in [3.8, 4) is 0 Å². The fourth-order valence-corrected chi connectivity index (χ4v) is 1.76. The van der Waals surface area contributed by atoms with Crippen LogP contribution in [0.5, 0.6) is 0 Å². The number of ether oxygens (including phenoxy) is 1. The Hall–Kier alpha value is -1.10. The highest BCUT2D eigenvalue weighted by Crippen LogP contribution is 2.28. The summed E-state index contributed by atoms with van der Waals surface area (Å²) in [6, 6.07) is 0. The normalized spacial score (nSPS) is 14.8. The summed E-state index contributed by atoms with van der Waals surface area (Å²) >= 11 is 0. The smallest absolute Gasteiger partial charge is 0.319 e. The molecule has 2 unspecified atom stereocenters. The van der Waals surface area contributed by atoms with Gasteiger partial charge in [0.2, 0.25) is 5.91 Å². The molecule has 5 heteroatoms. The lowest BCUT2D eigenvalue weighted by molar-refractivity contribution is -0.160. The first-order valence-corrected chi connectivity index (χ1v) is 6.21. The van der Waals surface area contributed by atoms with Crippen molar-refractivity contribution in [3.05, 3.63) is 0 Å². The van der Waals surface area contributed by atoms with Crippen LogP contribution in [0.25, 0.3) is 0 Å². The van der Waals surface area contributed by atoms with E-state index in [-0.39, 0.29) is 19.1 Å². The molecule has 0 saturated heterocycles. The van der Waals surface area contributed by atoms with Gasteiger partial charge in [-0.3, -0.25) is 9.59 Å². The van der Waals surface area contributed by atoms with Crippen molar-refractivity contribution >= 4 is 11.9 Å². The number of aliphatic hydroxyl groups excluding tert-OH is 1. The lowest BCUT2D eigenvalue weighted by Gasteiger charge is -2.31. The third kappa shape index (κ3) is 5.04. The minimum absolute atomic E-state index is 0.199. The van der Waals surface area contributed by atoms with Crippen molar-refractivity contribution < 1.29 is 19.4 Å². The maximum Gasteiger partial charge on any atom is 0.319 e. The van der Waals surface area contributed by atoms with E-state index in [1.807, 2.05) is 20.8 Å². The van der Waals surface area contributed by atoms with Crippen molar-refractivity contribution in [1.29, 1.82) is 0 Å². The molecule has 0 bridgehead atoms. The van der Waals surface area contributed by atoms with Gasteiger partial charge in [0.05, 0.1) is 12.7 Å².